The average molecular weight is 373 g/mol. The fourth-order valence-electron chi connectivity index (χ4n) is 3.51. The van der Waals surface area contributed by atoms with E-state index in [2.05, 4.69) is 18.4 Å². The third kappa shape index (κ3) is 2.65. The third-order valence-electron chi connectivity index (χ3n) is 4.91. The molecule has 1 aliphatic rings. The molecule has 25 heavy (non-hydrogen) atoms. The molecule has 1 atom stereocenters. The lowest BCUT2D eigenvalue weighted by Gasteiger charge is -2.28. The van der Waals surface area contributed by atoms with E-state index in [1.165, 1.54) is 16.7 Å². The molecule has 1 aromatic carbocycles. The van der Waals surface area contributed by atoms with Gasteiger partial charge in [-0.2, -0.15) is 4.31 Å². The highest BCUT2D eigenvalue weighted by Gasteiger charge is 2.36. The van der Waals surface area contributed by atoms with Crippen molar-refractivity contribution in [3.05, 3.63) is 75.9 Å². The summed E-state index contributed by atoms with van der Waals surface area (Å²) in [5.41, 5.74) is 4.25. The minimum absolute atomic E-state index is 0.328. The van der Waals surface area contributed by atoms with Gasteiger partial charge in [-0.25, -0.2) is 8.42 Å². The van der Waals surface area contributed by atoms with Crippen LogP contribution in [0.4, 0.5) is 0 Å². The molecule has 130 valence electrons. The molecule has 0 saturated carbocycles. The molecule has 0 spiro atoms. The van der Waals surface area contributed by atoms with Crippen molar-refractivity contribution in [2.75, 3.05) is 6.26 Å². The van der Waals surface area contributed by atoms with Gasteiger partial charge in [0.05, 0.1) is 12.3 Å². The summed E-state index contributed by atoms with van der Waals surface area (Å²) in [6.45, 7) is 4.57. The average Bonchev–Trinajstić information content (AvgIpc) is 3.11. The molecule has 3 aromatic rings. The van der Waals surface area contributed by atoms with Gasteiger partial charge in [0.1, 0.15) is 5.00 Å². The van der Waals surface area contributed by atoms with Crippen molar-refractivity contribution < 1.29 is 8.42 Å². The van der Waals surface area contributed by atoms with Gasteiger partial charge in [0, 0.05) is 28.9 Å². The molecular weight excluding hydrogens is 352 g/mol. The summed E-state index contributed by atoms with van der Waals surface area (Å²) in [5.74, 6) is 0. The first kappa shape index (κ1) is 16.6. The van der Waals surface area contributed by atoms with Crippen molar-refractivity contribution in [1.82, 2.24) is 8.87 Å². The largest absolute Gasteiger partial charge is 0.310 e. The molecule has 4 rings (SSSR count). The summed E-state index contributed by atoms with van der Waals surface area (Å²) in [5, 5.41) is 1.13. The van der Waals surface area contributed by atoms with E-state index in [0.717, 1.165) is 21.8 Å². The number of aryl methyl sites for hydroxylation is 1. The van der Waals surface area contributed by atoms with Crippen LogP contribution in [0.2, 0.25) is 0 Å². The maximum absolute atomic E-state index is 12.7. The molecule has 0 fully saturated rings. The highest BCUT2D eigenvalue weighted by atomic mass is 32.2. The van der Waals surface area contributed by atoms with Gasteiger partial charge in [-0.3, -0.25) is 0 Å². The van der Waals surface area contributed by atoms with Crippen LogP contribution < -0.4 is 0 Å². The van der Waals surface area contributed by atoms with E-state index >= 15 is 0 Å². The number of rotatable bonds is 2. The van der Waals surface area contributed by atoms with Crippen molar-refractivity contribution in [1.29, 1.82) is 0 Å². The smallest absolute Gasteiger partial charge is 0.212 e. The lowest BCUT2D eigenvalue weighted by atomic mass is 10.0. The molecule has 1 aliphatic heterocycles. The zero-order valence-electron chi connectivity index (χ0n) is 14.4. The molecule has 0 amide bonds. The second kappa shape index (κ2) is 5.83. The third-order valence-corrected chi connectivity index (χ3v) is 7.35. The molecule has 0 bridgehead atoms. The van der Waals surface area contributed by atoms with E-state index in [4.69, 9.17) is 0 Å². The number of thiophene rings is 1. The molecule has 0 aliphatic carbocycles. The standard InChI is InChI=1S/C19H20N2O2S2/c1-13-14(2)24-19-16(13)12-21(25(3,22)23)18(15-8-5-4-6-9-15)17-10-7-11-20(17)19/h4-11,18H,12H2,1-3H3. The Balaban J connectivity index is 2.03. The molecule has 6 heteroatoms. The van der Waals surface area contributed by atoms with Gasteiger partial charge in [0.15, 0.2) is 0 Å². The van der Waals surface area contributed by atoms with Crippen LogP contribution in [0.25, 0.3) is 5.00 Å². The monoisotopic (exact) mass is 372 g/mol. The van der Waals surface area contributed by atoms with E-state index in [1.54, 1.807) is 15.6 Å². The van der Waals surface area contributed by atoms with Gasteiger partial charge in [-0.15, -0.1) is 11.3 Å². The van der Waals surface area contributed by atoms with Crippen molar-refractivity contribution in [3.63, 3.8) is 0 Å². The summed E-state index contributed by atoms with van der Waals surface area (Å²) in [6.07, 6.45) is 3.33. The van der Waals surface area contributed by atoms with Crippen molar-refractivity contribution in [3.8, 4) is 5.00 Å². The molecule has 0 saturated heterocycles. The molecule has 0 radical (unpaired) electrons. The number of hydrogen-bond donors (Lipinski definition) is 0. The second-order valence-corrected chi connectivity index (χ2v) is 9.63. The zero-order valence-corrected chi connectivity index (χ0v) is 16.1. The first-order valence-electron chi connectivity index (χ1n) is 8.16. The molecular formula is C19H20N2O2S2. The maximum atomic E-state index is 12.7. The number of fused-ring (bicyclic) bond motifs is 3. The molecule has 0 N–H and O–H groups in total. The molecule has 2 aromatic heterocycles. The number of nitrogens with zero attached hydrogens (tertiary/aromatic N) is 2. The summed E-state index contributed by atoms with van der Waals surface area (Å²) >= 11 is 1.73. The zero-order chi connectivity index (χ0) is 17.8. The number of sulfonamides is 1. The van der Waals surface area contributed by atoms with Gasteiger partial charge in [-0.1, -0.05) is 30.3 Å². The van der Waals surface area contributed by atoms with Crippen molar-refractivity contribution >= 4 is 21.4 Å². The van der Waals surface area contributed by atoms with Crippen LogP contribution >= 0.6 is 11.3 Å². The quantitative estimate of drug-likeness (QED) is 0.682. The van der Waals surface area contributed by atoms with Gasteiger partial charge in [0.25, 0.3) is 0 Å². The van der Waals surface area contributed by atoms with E-state index in [9.17, 15) is 8.42 Å². The van der Waals surface area contributed by atoms with Gasteiger partial charge >= 0.3 is 0 Å². The number of hydrogen-bond acceptors (Lipinski definition) is 3. The normalized spacial score (nSPS) is 17.8. The Bertz CT molecular complexity index is 1030. The molecule has 1 unspecified atom stereocenters. The van der Waals surface area contributed by atoms with Crippen LogP contribution in [-0.4, -0.2) is 23.5 Å². The van der Waals surface area contributed by atoms with Crippen LogP contribution in [-0.2, 0) is 16.6 Å². The predicted molar refractivity (Wildman–Crippen MR) is 102 cm³/mol. The first-order valence-corrected chi connectivity index (χ1v) is 10.8. The van der Waals surface area contributed by atoms with Crippen molar-refractivity contribution in [2.24, 2.45) is 0 Å². The first-order chi connectivity index (χ1) is 11.9. The Morgan fingerprint density at radius 2 is 1.80 bits per heavy atom. The van der Waals surface area contributed by atoms with E-state index in [0.29, 0.717) is 6.54 Å². The van der Waals surface area contributed by atoms with Crippen LogP contribution in [0.1, 0.15) is 33.3 Å². The van der Waals surface area contributed by atoms with Crippen LogP contribution in [0.3, 0.4) is 0 Å². The Morgan fingerprint density at radius 3 is 2.48 bits per heavy atom. The maximum Gasteiger partial charge on any atom is 0.212 e. The minimum atomic E-state index is -3.39. The van der Waals surface area contributed by atoms with Gasteiger partial charge < -0.3 is 4.57 Å². The van der Waals surface area contributed by atoms with Crippen LogP contribution in [0.15, 0.2) is 48.7 Å². The molecule has 3 heterocycles. The van der Waals surface area contributed by atoms with Crippen LogP contribution in [0, 0.1) is 13.8 Å². The Labute approximate surface area is 152 Å². The SMILES string of the molecule is Cc1sc2c(c1C)CN(S(C)(=O)=O)C(c1ccccc1)c1cccn1-2. The van der Waals surface area contributed by atoms with Gasteiger partial charge in [0.2, 0.25) is 10.0 Å². The lowest BCUT2D eigenvalue weighted by molar-refractivity contribution is 0.356. The van der Waals surface area contributed by atoms with Gasteiger partial charge in [-0.05, 0) is 37.1 Å². The van der Waals surface area contributed by atoms with Crippen molar-refractivity contribution in [2.45, 2.75) is 26.4 Å². The second-order valence-electron chi connectivity index (χ2n) is 6.49. The minimum Gasteiger partial charge on any atom is -0.310 e. The lowest BCUT2D eigenvalue weighted by Crippen LogP contribution is -2.34. The summed E-state index contributed by atoms with van der Waals surface area (Å²) in [4.78, 5) is 1.23. The fraction of sp³-hybridized carbons (Fsp3) is 0.263. The fourth-order valence-corrected chi connectivity index (χ4v) is 5.66. The summed E-state index contributed by atoms with van der Waals surface area (Å²) in [6, 6.07) is 13.5. The van der Waals surface area contributed by atoms with E-state index < -0.39 is 10.0 Å². The predicted octanol–water partition coefficient (Wildman–Crippen LogP) is 4.02. The Morgan fingerprint density at radius 1 is 1.08 bits per heavy atom. The highest BCUT2D eigenvalue weighted by molar-refractivity contribution is 7.88. The molecule has 4 nitrogen and oxygen atoms in total. The number of aromatic nitrogens is 1. The number of benzene rings is 1. The summed E-state index contributed by atoms with van der Waals surface area (Å²) in [7, 11) is -3.39. The van der Waals surface area contributed by atoms with Crippen LogP contribution in [0.5, 0.6) is 0 Å². The van der Waals surface area contributed by atoms with E-state index in [-0.39, 0.29) is 6.04 Å². The Kier molecular flexibility index (Phi) is 3.86. The summed E-state index contributed by atoms with van der Waals surface area (Å²) < 4.78 is 29.2. The van der Waals surface area contributed by atoms with E-state index in [1.807, 2.05) is 48.7 Å². The topological polar surface area (TPSA) is 42.3 Å². The highest BCUT2D eigenvalue weighted by Crippen LogP contribution is 2.42. The Hall–Kier alpha value is -1.89.